The molecule has 1 N–H and O–H groups in total. The number of para-hydroxylation sites is 1. The van der Waals surface area contributed by atoms with Crippen LogP contribution in [0.3, 0.4) is 0 Å². The maximum atomic E-state index is 12.8. The number of benzene rings is 2. The topological polar surface area (TPSA) is 72.7 Å². The molecule has 0 unspecified atom stereocenters. The molecule has 2 aromatic heterocycles. The van der Waals surface area contributed by atoms with Gasteiger partial charge in [0.25, 0.3) is 0 Å². The second kappa shape index (κ2) is 9.36. The van der Waals surface area contributed by atoms with Crippen LogP contribution in [-0.2, 0) is 11.2 Å². The van der Waals surface area contributed by atoms with Crippen molar-refractivity contribution in [3.63, 3.8) is 0 Å². The minimum absolute atomic E-state index is 0.00208. The van der Waals surface area contributed by atoms with Crippen molar-refractivity contribution in [2.45, 2.75) is 30.5 Å². The van der Waals surface area contributed by atoms with Crippen molar-refractivity contribution in [1.82, 2.24) is 25.1 Å². The van der Waals surface area contributed by atoms with Gasteiger partial charge in [-0.15, -0.1) is 10.2 Å². The van der Waals surface area contributed by atoms with Crippen molar-refractivity contribution in [2.75, 3.05) is 5.75 Å². The van der Waals surface area contributed by atoms with Gasteiger partial charge in [0.1, 0.15) is 0 Å². The average Bonchev–Trinajstić information content (AvgIpc) is 3.28. The number of nitrogens with one attached hydrogen (secondary N) is 1. The largest absolute Gasteiger partial charge is 0.349 e. The quantitative estimate of drug-likeness (QED) is 0.442. The summed E-state index contributed by atoms with van der Waals surface area (Å²) >= 11 is 1.39. The highest BCUT2D eigenvalue weighted by atomic mass is 32.2. The van der Waals surface area contributed by atoms with Crippen LogP contribution in [0.25, 0.3) is 17.1 Å². The lowest BCUT2D eigenvalue weighted by Crippen LogP contribution is -2.32. The number of hydrogen-bond acceptors (Lipinski definition) is 5. The lowest BCUT2D eigenvalue weighted by Gasteiger charge is -2.26. The molecule has 0 aliphatic heterocycles. The van der Waals surface area contributed by atoms with Gasteiger partial charge < -0.3 is 5.32 Å². The fraction of sp³-hybridized carbons (Fsp3) is 0.200. The second-order valence-corrected chi connectivity index (χ2v) is 8.66. The Balaban J connectivity index is 1.35. The highest BCUT2D eigenvalue weighted by Crippen LogP contribution is 2.30. The number of amides is 1. The summed E-state index contributed by atoms with van der Waals surface area (Å²) in [6.07, 6.45) is 6.64. The Kier molecular flexibility index (Phi) is 5.98. The SMILES string of the molecule is O=C(CSc1nnc(-c2cccnc2)n1-c1ccccc1)N[C@H]1CCCc2ccccc21. The highest BCUT2D eigenvalue weighted by Gasteiger charge is 2.22. The van der Waals surface area contributed by atoms with Crippen LogP contribution < -0.4 is 5.32 Å². The van der Waals surface area contributed by atoms with Crippen molar-refractivity contribution in [3.8, 4) is 17.1 Å². The monoisotopic (exact) mass is 441 g/mol. The van der Waals surface area contributed by atoms with Crippen LogP contribution in [0.2, 0.25) is 0 Å². The summed E-state index contributed by atoms with van der Waals surface area (Å²) in [7, 11) is 0. The van der Waals surface area contributed by atoms with E-state index in [9.17, 15) is 4.79 Å². The molecule has 2 heterocycles. The first-order chi connectivity index (χ1) is 15.8. The number of aromatic nitrogens is 4. The molecule has 6 nitrogen and oxygen atoms in total. The first-order valence-corrected chi connectivity index (χ1v) is 11.7. The Morgan fingerprint density at radius 2 is 1.88 bits per heavy atom. The number of fused-ring (bicyclic) bond motifs is 1. The first-order valence-electron chi connectivity index (χ1n) is 10.7. The Morgan fingerprint density at radius 3 is 2.72 bits per heavy atom. The molecule has 1 aliphatic carbocycles. The van der Waals surface area contributed by atoms with E-state index in [1.165, 1.54) is 22.9 Å². The maximum Gasteiger partial charge on any atom is 0.230 e. The zero-order valence-electron chi connectivity index (χ0n) is 17.5. The molecule has 0 saturated heterocycles. The predicted octanol–water partition coefficient (Wildman–Crippen LogP) is 4.62. The van der Waals surface area contributed by atoms with E-state index < -0.39 is 0 Å². The standard InChI is InChI=1S/C25H23N5OS/c31-23(27-22-14-6-9-18-8-4-5-13-21(18)22)17-32-25-29-28-24(19-10-7-15-26-16-19)30(25)20-11-2-1-3-12-20/h1-5,7-8,10-13,15-16,22H,6,9,14,17H2,(H,27,31)/t22-/m0/s1. The van der Waals surface area contributed by atoms with Gasteiger partial charge >= 0.3 is 0 Å². The first kappa shape index (κ1) is 20.5. The van der Waals surface area contributed by atoms with Crippen LogP contribution in [0.5, 0.6) is 0 Å². The normalized spacial score (nSPS) is 15.2. The van der Waals surface area contributed by atoms with Gasteiger partial charge in [-0.3, -0.25) is 14.3 Å². The van der Waals surface area contributed by atoms with Crippen LogP contribution >= 0.6 is 11.8 Å². The molecular weight excluding hydrogens is 418 g/mol. The molecule has 0 saturated carbocycles. The van der Waals surface area contributed by atoms with E-state index in [0.29, 0.717) is 11.0 Å². The number of pyridine rings is 1. The molecule has 0 radical (unpaired) electrons. The van der Waals surface area contributed by atoms with Gasteiger partial charge in [0, 0.05) is 23.6 Å². The summed E-state index contributed by atoms with van der Waals surface area (Å²) in [5.41, 5.74) is 4.39. The molecule has 1 atom stereocenters. The third-order valence-electron chi connectivity index (χ3n) is 5.60. The lowest BCUT2D eigenvalue weighted by atomic mass is 9.88. The minimum atomic E-state index is 0.00208. The van der Waals surface area contributed by atoms with E-state index in [2.05, 4.69) is 38.7 Å². The van der Waals surface area contributed by atoms with Gasteiger partial charge in [-0.25, -0.2) is 0 Å². The van der Waals surface area contributed by atoms with Crippen molar-refractivity contribution in [1.29, 1.82) is 0 Å². The number of aryl methyl sites for hydroxylation is 1. The van der Waals surface area contributed by atoms with Gasteiger partial charge in [0.2, 0.25) is 5.91 Å². The molecule has 0 spiro atoms. The smallest absolute Gasteiger partial charge is 0.230 e. The molecule has 0 fully saturated rings. The summed E-state index contributed by atoms with van der Waals surface area (Å²) in [6.45, 7) is 0. The Labute approximate surface area is 191 Å². The van der Waals surface area contributed by atoms with Crippen molar-refractivity contribution >= 4 is 17.7 Å². The van der Waals surface area contributed by atoms with Gasteiger partial charge in [-0.05, 0) is 54.7 Å². The van der Waals surface area contributed by atoms with Crippen LogP contribution in [0.1, 0.15) is 30.0 Å². The Morgan fingerprint density at radius 1 is 1.03 bits per heavy atom. The summed E-state index contributed by atoms with van der Waals surface area (Å²) in [5, 5.41) is 12.7. The van der Waals surface area contributed by atoms with E-state index in [-0.39, 0.29) is 17.7 Å². The molecule has 0 bridgehead atoms. The molecule has 1 aliphatic rings. The summed E-state index contributed by atoms with van der Waals surface area (Å²) in [5.74, 6) is 0.979. The van der Waals surface area contributed by atoms with Gasteiger partial charge in [0.15, 0.2) is 11.0 Å². The third kappa shape index (κ3) is 4.29. The summed E-state index contributed by atoms with van der Waals surface area (Å²) < 4.78 is 1.98. The minimum Gasteiger partial charge on any atom is -0.349 e. The molecule has 7 heteroatoms. The third-order valence-corrected chi connectivity index (χ3v) is 6.53. The van der Waals surface area contributed by atoms with E-state index in [1.807, 2.05) is 53.1 Å². The van der Waals surface area contributed by atoms with Crippen molar-refractivity contribution in [2.24, 2.45) is 0 Å². The average molecular weight is 442 g/mol. The van der Waals surface area contributed by atoms with Crippen LogP contribution in [0.4, 0.5) is 0 Å². The highest BCUT2D eigenvalue weighted by molar-refractivity contribution is 7.99. The zero-order chi connectivity index (χ0) is 21.8. The number of hydrogen-bond donors (Lipinski definition) is 1. The van der Waals surface area contributed by atoms with Gasteiger partial charge in [0.05, 0.1) is 11.8 Å². The van der Waals surface area contributed by atoms with Crippen LogP contribution in [0, 0.1) is 0 Å². The van der Waals surface area contributed by atoms with Crippen molar-refractivity contribution < 1.29 is 4.79 Å². The Bertz CT molecular complexity index is 1210. The van der Waals surface area contributed by atoms with Crippen LogP contribution in [-0.4, -0.2) is 31.4 Å². The van der Waals surface area contributed by atoms with Gasteiger partial charge in [-0.1, -0.05) is 54.2 Å². The van der Waals surface area contributed by atoms with Crippen LogP contribution in [0.15, 0.2) is 84.3 Å². The lowest BCUT2D eigenvalue weighted by molar-refractivity contribution is -0.119. The van der Waals surface area contributed by atoms with E-state index in [4.69, 9.17) is 0 Å². The number of carbonyl (C=O) groups excluding carboxylic acids is 1. The molecule has 2 aromatic carbocycles. The molecule has 4 aromatic rings. The number of nitrogens with zero attached hydrogens (tertiary/aromatic N) is 4. The molecule has 1 amide bonds. The zero-order valence-corrected chi connectivity index (χ0v) is 18.3. The van der Waals surface area contributed by atoms with E-state index >= 15 is 0 Å². The fourth-order valence-electron chi connectivity index (χ4n) is 4.13. The number of carbonyl (C=O) groups is 1. The van der Waals surface area contributed by atoms with Gasteiger partial charge in [-0.2, -0.15) is 0 Å². The second-order valence-electron chi connectivity index (χ2n) is 7.72. The van der Waals surface area contributed by atoms with Crippen molar-refractivity contribution in [3.05, 3.63) is 90.3 Å². The van der Waals surface area contributed by atoms with E-state index in [0.717, 1.165) is 30.5 Å². The molecule has 160 valence electrons. The maximum absolute atomic E-state index is 12.8. The number of thioether (sulfide) groups is 1. The summed E-state index contributed by atoms with van der Waals surface area (Å²) in [4.78, 5) is 17.0. The van der Waals surface area contributed by atoms with E-state index in [1.54, 1.807) is 12.4 Å². The molecule has 5 rings (SSSR count). The number of rotatable bonds is 6. The summed E-state index contributed by atoms with van der Waals surface area (Å²) in [6, 6.07) is 22.2. The molecular formula is C25H23N5OS. The predicted molar refractivity (Wildman–Crippen MR) is 126 cm³/mol. The molecule has 32 heavy (non-hydrogen) atoms. The Hall–Kier alpha value is -3.45. The fourth-order valence-corrected chi connectivity index (χ4v) is 4.89.